The lowest BCUT2D eigenvalue weighted by atomic mass is 9.85. The Morgan fingerprint density at radius 1 is 0.875 bits per heavy atom. The van der Waals surface area contributed by atoms with Crippen LogP contribution in [0.15, 0.2) is 74.9 Å². The molecule has 202 valence electrons. The molecule has 0 N–H and O–H groups in total. The van der Waals surface area contributed by atoms with Gasteiger partial charge in [-0.2, -0.15) is 0 Å². The van der Waals surface area contributed by atoms with Crippen LogP contribution in [0.25, 0.3) is 33.0 Å². The van der Waals surface area contributed by atoms with Crippen molar-refractivity contribution in [2.45, 2.75) is 12.3 Å². The minimum atomic E-state index is -0.680. The third kappa shape index (κ3) is 3.89. The van der Waals surface area contributed by atoms with Crippen LogP contribution in [0.1, 0.15) is 23.5 Å². The topological polar surface area (TPSA) is 106 Å². The van der Waals surface area contributed by atoms with Gasteiger partial charge < -0.3 is 27.9 Å². The number of nitrogens with zero attached hydrogens (tertiary/aromatic N) is 1. The van der Waals surface area contributed by atoms with E-state index in [1.54, 1.807) is 56.6 Å². The molecule has 3 aromatic carbocycles. The summed E-state index contributed by atoms with van der Waals surface area (Å²) in [7, 11) is 6.29. The summed E-state index contributed by atoms with van der Waals surface area (Å²) in [5, 5.41) is 1.10. The molecule has 1 aliphatic heterocycles. The van der Waals surface area contributed by atoms with E-state index in [4.69, 9.17) is 23.4 Å². The highest BCUT2D eigenvalue weighted by molar-refractivity contribution is 5.91. The quantitative estimate of drug-likeness (QED) is 0.232. The van der Waals surface area contributed by atoms with Gasteiger partial charge in [-0.15, -0.1) is 0 Å². The Kier molecular flexibility index (Phi) is 6.06. The Bertz CT molecular complexity index is 1950. The molecule has 2 aromatic heterocycles. The van der Waals surface area contributed by atoms with Gasteiger partial charge in [0.05, 0.1) is 44.2 Å². The minimum absolute atomic E-state index is 0.0792. The van der Waals surface area contributed by atoms with E-state index in [1.807, 2.05) is 12.1 Å². The number of fused-ring (bicyclic) bond motifs is 4. The number of carbonyl (C=O) groups excluding carboxylic acids is 1. The summed E-state index contributed by atoms with van der Waals surface area (Å²) in [5.74, 6) is 0.734. The second-order valence-electron chi connectivity index (χ2n) is 9.52. The summed E-state index contributed by atoms with van der Waals surface area (Å²) in [6, 6.07) is 15.5. The molecule has 0 fully saturated rings. The van der Waals surface area contributed by atoms with Gasteiger partial charge in [-0.3, -0.25) is 14.4 Å². The smallest absolute Gasteiger partial charge is 0.312 e. The lowest BCUT2D eigenvalue weighted by Crippen LogP contribution is -2.29. The zero-order chi connectivity index (χ0) is 28.1. The second kappa shape index (κ2) is 9.60. The Balaban J connectivity index is 1.56. The molecule has 40 heavy (non-hydrogen) atoms. The molecule has 1 atom stereocenters. The highest BCUT2D eigenvalue weighted by Gasteiger charge is 2.34. The Hall–Kier alpha value is -5.05. The van der Waals surface area contributed by atoms with Gasteiger partial charge in [0.2, 0.25) is 5.43 Å². The fraction of sp³-hybridized carbons (Fsp3) is 0.194. The molecule has 0 spiro atoms. The molecule has 0 saturated heterocycles. The molecule has 0 aliphatic carbocycles. The highest BCUT2D eigenvalue weighted by Crippen LogP contribution is 2.43. The average molecular weight is 540 g/mol. The van der Waals surface area contributed by atoms with Crippen molar-refractivity contribution in [1.29, 1.82) is 0 Å². The second-order valence-corrected chi connectivity index (χ2v) is 9.52. The summed E-state index contributed by atoms with van der Waals surface area (Å²) in [4.78, 5) is 40.0. The predicted octanol–water partition coefficient (Wildman–Crippen LogP) is 4.78. The highest BCUT2D eigenvalue weighted by atomic mass is 16.5. The predicted molar refractivity (Wildman–Crippen MR) is 149 cm³/mol. The van der Waals surface area contributed by atoms with E-state index in [9.17, 15) is 14.4 Å². The van der Waals surface area contributed by atoms with Gasteiger partial charge in [-0.1, -0.05) is 6.07 Å². The van der Waals surface area contributed by atoms with Gasteiger partial charge in [0.25, 0.3) is 5.56 Å². The monoisotopic (exact) mass is 539 g/mol. The molecule has 6 rings (SSSR count). The fourth-order valence-corrected chi connectivity index (χ4v) is 5.37. The molecule has 9 heteroatoms. The first-order chi connectivity index (χ1) is 19.3. The van der Waals surface area contributed by atoms with Crippen molar-refractivity contribution in [2.75, 3.05) is 21.3 Å². The number of esters is 1. The van der Waals surface area contributed by atoms with Gasteiger partial charge >= 0.3 is 5.97 Å². The van der Waals surface area contributed by atoms with Gasteiger partial charge in [-0.05, 0) is 53.4 Å². The number of aryl methyl sites for hydroxylation is 1. The van der Waals surface area contributed by atoms with Crippen molar-refractivity contribution >= 4 is 27.8 Å². The molecule has 0 saturated carbocycles. The largest absolute Gasteiger partial charge is 0.497 e. The van der Waals surface area contributed by atoms with E-state index in [0.29, 0.717) is 50.4 Å². The van der Waals surface area contributed by atoms with Gasteiger partial charge in [0, 0.05) is 30.2 Å². The summed E-state index contributed by atoms with van der Waals surface area (Å²) in [6.45, 7) is 0. The minimum Gasteiger partial charge on any atom is -0.497 e. The first kappa shape index (κ1) is 25.2. The van der Waals surface area contributed by atoms with Crippen LogP contribution < -0.4 is 29.9 Å². The van der Waals surface area contributed by atoms with Crippen molar-refractivity contribution in [3.63, 3.8) is 0 Å². The molecule has 0 bridgehead atoms. The maximum absolute atomic E-state index is 13.7. The molecule has 0 amide bonds. The summed E-state index contributed by atoms with van der Waals surface area (Å²) >= 11 is 0. The Morgan fingerprint density at radius 3 is 2.42 bits per heavy atom. The van der Waals surface area contributed by atoms with E-state index in [-0.39, 0.29) is 28.7 Å². The van der Waals surface area contributed by atoms with Gasteiger partial charge in [0.15, 0.2) is 11.5 Å². The summed E-state index contributed by atoms with van der Waals surface area (Å²) < 4.78 is 29.2. The zero-order valence-electron chi connectivity index (χ0n) is 22.3. The van der Waals surface area contributed by atoms with E-state index in [2.05, 4.69) is 0 Å². The van der Waals surface area contributed by atoms with Crippen LogP contribution >= 0.6 is 0 Å². The number of hydrogen-bond acceptors (Lipinski definition) is 8. The number of rotatable bonds is 5. The van der Waals surface area contributed by atoms with Crippen molar-refractivity contribution in [1.82, 2.24) is 4.57 Å². The summed E-state index contributed by atoms with van der Waals surface area (Å²) in [5.41, 5.74) is 2.21. The van der Waals surface area contributed by atoms with Crippen LogP contribution in [0.2, 0.25) is 0 Å². The first-order valence-electron chi connectivity index (χ1n) is 12.5. The molecule has 3 heterocycles. The molecule has 5 aromatic rings. The standard InChI is InChI=1S/C31H25NO8/c1-32-23-13-18(36-2)7-5-17(23)11-21(31(32)35)20-14-27(33)40-25-10-8-19-29(34)22(15-39-30(19)28(20)25)16-6-9-24(37-3)26(12-16)38-4/h5-13,15,20H,14H2,1-4H3. The molecule has 1 unspecified atom stereocenters. The number of benzene rings is 3. The number of carbonyl (C=O) groups is 1. The maximum atomic E-state index is 13.7. The first-order valence-corrected chi connectivity index (χ1v) is 12.5. The van der Waals surface area contributed by atoms with E-state index >= 15 is 0 Å². The zero-order valence-corrected chi connectivity index (χ0v) is 22.3. The maximum Gasteiger partial charge on any atom is 0.312 e. The Morgan fingerprint density at radius 2 is 1.68 bits per heavy atom. The molecule has 1 aliphatic rings. The third-order valence-corrected chi connectivity index (χ3v) is 7.41. The van der Waals surface area contributed by atoms with Crippen molar-refractivity contribution in [3.8, 4) is 34.1 Å². The fourth-order valence-electron chi connectivity index (χ4n) is 5.37. The molecule has 0 radical (unpaired) electrons. The van der Waals surface area contributed by atoms with Crippen molar-refractivity contribution in [3.05, 3.63) is 92.6 Å². The van der Waals surface area contributed by atoms with Gasteiger partial charge in [0.1, 0.15) is 23.3 Å². The van der Waals surface area contributed by atoms with Crippen LogP contribution in [0.5, 0.6) is 23.0 Å². The average Bonchev–Trinajstić information content (AvgIpc) is 2.97. The van der Waals surface area contributed by atoms with Crippen LogP contribution in [0.4, 0.5) is 0 Å². The van der Waals surface area contributed by atoms with Crippen LogP contribution in [-0.2, 0) is 11.8 Å². The number of methoxy groups -OCH3 is 3. The Labute approximate surface area is 228 Å². The lowest BCUT2D eigenvalue weighted by Gasteiger charge is -2.25. The van der Waals surface area contributed by atoms with Crippen molar-refractivity contribution in [2.24, 2.45) is 7.05 Å². The molecular weight excluding hydrogens is 514 g/mol. The lowest BCUT2D eigenvalue weighted by molar-refractivity contribution is -0.135. The van der Waals surface area contributed by atoms with Crippen LogP contribution in [0, 0.1) is 0 Å². The normalized spacial score (nSPS) is 14.6. The van der Waals surface area contributed by atoms with E-state index < -0.39 is 11.9 Å². The number of pyridine rings is 1. The number of ether oxygens (including phenoxy) is 4. The SMILES string of the molecule is COc1ccc2cc(C3CC(=O)Oc4ccc5c(=O)c(-c6ccc(OC)c(OC)c6)coc5c43)c(=O)n(C)c2c1. The van der Waals surface area contributed by atoms with Crippen LogP contribution in [0.3, 0.4) is 0 Å². The molecule has 9 nitrogen and oxygen atoms in total. The summed E-state index contributed by atoms with van der Waals surface area (Å²) in [6.07, 6.45) is 1.30. The molecular formula is C31H25NO8. The van der Waals surface area contributed by atoms with E-state index in [0.717, 1.165) is 5.39 Å². The third-order valence-electron chi connectivity index (χ3n) is 7.41. The number of aromatic nitrogens is 1. The van der Waals surface area contributed by atoms with Crippen LogP contribution in [-0.4, -0.2) is 31.9 Å². The van der Waals surface area contributed by atoms with Gasteiger partial charge in [-0.25, -0.2) is 0 Å². The van der Waals surface area contributed by atoms with E-state index in [1.165, 1.54) is 25.0 Å². The van der Waals surface area contributed by atoms with Crippen molar-refractivity contribution < 1.29 is 28.2 Å². The number of hydrogen-bond donors (Lipinski definition) is 0.